The Balaban J connectivity index is 1.26. The fraction of sp³-hybridized carbons (Fsp3) is 0.512. The minimum absolute atomic E-state index is 0.0131. The molecule has 2 aromatic carbocycles. The normalized spacial score (nSPS) is 16.4. The number of nitrogens with two attached hydrogens (primary N) is 1. The molecule has 7 N–H and O–H groups in total. The number of primary amides is 1. The van der Waals surface area contributed by atoms with Gasteiger partial charge in [0.25, 0.3) is 0 Å². The molecule has 320 valence electrons. The molecule has 0 radical (unpaired) electrons. The van der Waals surface area contributed by atoms with Gasteiger partial charge in [-0.15, -0.1) is 11.3 Å². The first kappa shape index (κ1) is 46.3. The summed E-state index contributed by atoms with van der Waals surface area (Å²) in [6.45, 7) is 13.0. The smallest absolute Gasteiger partial charge is 0.408 e. The molecule has 0 aliphatic carbocycles. The first-order valence-corrected chi connectivity index (χ1v) is 20.8. The zero-order valence-corrected chi connectivity index (χ0v) is 35.9. The topological polar surface area (TPSA) is 222 Å². The number of nitrogens with zero attached hydrogens (tertiary/aromatic N) is 2. The number of benzene rings is 2. The quantitative estimate of drug-likeness (QED) is 0.115. The Morgan fingerprint density at radius 2 is 1.51 bits per heavy atom. The SMILES string of the molecule is Cc1ncsc1-c1ccc(CNC(=O)[C@@H]2C[C@@H](O)CN2C(=O)[C@@H](NC(=O)CCCc2ccc(CNC(=O)[C@H](CCC(N)=O)NC(=O)OC(C)(C)C)cc2)C(C)(C)C)cc1. The predicted octanol–water partition coefficient (Wildman–Crippen LogP) is 4.03. The predicted molar refractivity (Wildman–Crippen MR) is 224 cm³/mol. The Labute approximate surface area is 350 Å². The molecular weight excluding hydrogens is 775 g/mol. The second kappa shape index (κ2) is 20.6. The van der Waals surface area contributed by atoms with Crippen molar-refractivity contribution in [2.24, 2.45) is 11.1 Å². The summed E-state index contributed by atoms with van der Waals surface area (Å²) in [4.78, 5) is 84.0. The third-order valence-electron chi connectivity index (χ3n) is 9.76. The average Bonchev–Trinajstić information content (AvgIpc) is 3.77. The van der Waals surface area contributed by atoms with Crippen LogP contribution in [0.2, 0.25) is 0 Å². The van der Waals surface area contributed by atoms with Crippen molar-refractivity contribution < 1.29 is 38.6 Å². The molecule has 1 aliphatic heterocycles. The molecule has 59 heavy (non-hydrogen) atoms. The first-order chi connectivity index (χ1) is 27.7. The zero-order chi connectivity index (χ0) is 43.5. The van der Waals surface area contributed by atoms with Gasteiger partial charge in [0.1, 0.15) is 23.7 Å². The lowest BCUT2D eigenvalue weighted by atomic mass is 9.85. The Bertz CT molecular complexity index is 1940. The van der Waals surface area contributed by atoms with E-state index in [4.69, 9.17) is 10.5 Å². The molecule has 1 aliphatic rings. The number of carbonyl (C=O) groups is 6. The van der Waals surface area contributed by atoms with Crippen molar-refractivity contribution >= 4 is 47.0 Å². The highest BCUT2D eigenvalue weighted by atomic mass is 32.1. The van der Waals surface area contributed by atoms with E-state index in [0.717, 1.165) is 32.8 Å². The molecule has 0 bridgehead atoms. The van der Waals surface area contributed by atoms with Crippen molar-refractivity contribution in [3.8, 4) is 10.4 Å². The van der Waals surface area contributed by atoms with Gasteiger partial charge in [0.05, 0.1) is 22.2 Å². The Hall–Kier alpha value is -5.35. The van der Waals surface area contributed by atoms with Crippen LogP contribution in [0.15, 0.2) is 54.0 Å². The average molecular weight is 834 g/mol. The van der Waals surface area contributed by atoms with Gasteiger partial charge < -0.3 is 41.7 Å². The van der Waals surface area contributed by atoms with Gasteiger partial charge in [-0.2, -0.15) is 0 Å². The van der Waals surface area contributed by atoms with Gasteiger partial charge in [-0.3, -0.25) is 24.0 Å². The van der Waals surface area contributed by atoms with Crippen molar-refractivity contribution in [3.63, 3.8) is 0 Å². The number of hydrogen-bond acceptors (Lipinski definition) is 10. The number of carbonyl (C=O) groups excluding carboxylic acids is 6. The van der Waals surface area contributed by atoms with E-state index in [0.29, 0.717) is 12.8 Å². The number of aryl methyl sites for hydroxylation is 2. The van der Waals surface area contributed by atoms with Crippen molar-refractivity contribution in [2.45, 2.75) is 130 Å². The van der Waals surface area contributed by atoms with E-state index < -0.39 is 59.1 Å². The zero-order valence-electron chi connectivity index (χ0n) is 35.1. The second-order valence-electron chi connectivity index (χ2n) is 17.0. The van der Waals surface area contributed by atoms with Crippen LogP contribution in [0.3, 0.4) is 0 Å². The molecule has 1 saturated heterocycles. The van der Waals surface area contributed by atoms with E-state index in [1.165, 1.54) is 4.90 Å². The molecule has 4 atom stereocenters. The molecule has 0 spiro atoms. The molecule has 16 heteroatoms. The van der Waals surface area contributed by atoms with Crippen LogP contribution >= 0.6 is 11.3 Å². The maximum atomic E-state index is 14.0. The number of alkyl carbamates (subject to hydrolysis) is 1. The number of hydrogen-bond donors (Lipinski definition) is 6. The van der Waals surface area contributed by atoms with Crippen molar-refractivity contribution in [2.75, 3.05) is 6.54 Å². The van der Waals surface area contributed by atoms with Crippen LogP contribution in [0.1, 0.15) is 96.0 Å². The number of ether oxygens (including phenoxy) is 1. The standard InChI is InChI=1S/C43H59N7O8S/c1-26-36(59-25-47-26)30-17-15-29(16-18-30)23-46-39(55)33-21-31(51)24-50(33)40(56)37(42(2,3)4)49-35(53)10-8-9-27-11-13-28(14-12-27)22-45-38(54)32(19-20-34(44)52)48-41(57)58-43(5,6)7/h11-18,25,31-33,37,51H,8-10,19-24H2,1-7H3,(H2,44,52)(H,45,54)(H,46,55)(H,48,57)(H,49,53)/t31-,32+,33+,37-/m1/s1. The van der Waals surface area contributed by atoms with Gasteiger partial charge in [-0.05, 0) is 74.6 Å². The molecule has 0 saturated carbocycles. The van der Waals surface area contributed by atoms with Gasteiger partial charge in [-0.1, -0.05) is 69.3 Å². The highest BCUT2D eigenvalue weighted by molar-refractivity contribution is 7.13. The highest BCUT2D eigenvalue weighted by Crippen LogP contribution is 2.28. The molecule has 4 rings (SSSR count). The fourth-order valence-corrected chi connectivity index (χ4v) is 7.42. The Morgan fingerprint density at radius 3 is 2.08 bits per heavy atom. The van der Waals surface area contributed by atoms with E-state index in [2.05, 4.69) is 26.3 Å². The van der Waals surface area contributed by atoms with E-state index in [1.54, 1.807) is 37.6 Å². The number of amides is 6. The van der Waals surface area contributed by atoms with Gasteiger partial charge in [-0.25, -0.2) is 9.78 Å². The monoisotopic (exact) mass is 833 g/mol. The van der Waals surface area contributed by atoms with Crippen molar-refractivity contribution in [1.82, 2.24) is 31.2 Å². The summed E-state index contributed by atoms with van der Waals surface area (Å²) < 4.78 is 5.25. The Kier molecular flexibility index (Phi) is 16.1. The molecule has 1 fully saturated rings. The summed E-state index contributed by atoms with van der Waals surface area (Å²) in [5, 5.41) is 21.7. The summed E-state index contributed by atoms with van der Waals surface area (Å²) in [5.41, 5.74) is 10.3. The number of aromatic nitrogens is 1. The number of β-amino-alcohol motifs (C(OH)–C–C–N with tert-alkyl or cyclic N) is 1. The molecule has 15 nitrogen and oxygen atoms in total. The summed E-state index contributed by atoms with van der Waals surface area (Å²) in [5.74, 6) is -2.18. The minimum atomic E-state index is -1.02. The Morgan fingerprint density at radius 1 is 0.898 bits per heavy atom. The molecular formula is C43H59N7O8S. The lowest BCUT2D eigenvalue weighted by Gasteiger charge is -2.35. The van der Waals surface area contributed by atoms with Crippen LogP contribution in [0.25, 0.3) is 10.4 Å². The summed E-state index contributed by atoms with van der Waals surface area (Å²) in [7, 11) is 0. The lowest BCUT2D eigenvalue weighted by Crippen LogP contribution is -2.57. The van der Waals surface area contributed by atoms with Crippen LogP contribution in [0, 0.1) is 12.3 Å². The van der Waals surface area contributed by atoms with E-state index in [-0.39, 0.29) is 57.1 Å². The van der Waals surface area contributed by atoms with Crippen molar-refractivity contribution in [3.05, 3.63) is 76.4 Å². The number of thiazole rings is 1. The molecule has 2 heterocycles. The number of likely N-dealkylation sites (tertiary alicyclic amines) is 1. The van der Waals surface area contributed by atoms with E-state index in [9.17, 15) is 33.9 Å². The third kappa shape index (κ3) is 14.5. The van der Waals surface area contributed by atoms with Gasteiger partial charge in [0.2, 0.25) is 29.5 Å². The molecule has 6 amide bonds. The number of nitrogens with one attached hydrogen (secondary N) is 4. The van der Waals surface area contributed by atoms with E-state index >= 15 is 0 Å². The summed E-state index contributed by atoms with van der Waals surface area (Å²) >= 11 is 1.57. The molecule has 1 aromatic heterocycles. The third-order valence-corrected chi connectivity index (χ3v) is 10.7. The van der Waals surface area contributed by atoms with Crippen LogP contribution < -0.4 is 27.0 Å². The van der Waals surface area contributed by atoms with Crippen LogP contribution in [-0.2, 0) is 48.2 Å². The largest absolute Gasteiger partial charge is 0.444 e. The minimum Gasteiger partial charge on any atom is -0.444 e. The summed E-state index contributed by atoms with van der Waals surface area (Å²) in [6.07, 6.45) is -0.396. The highest BCUT2D eigenvalue weighted by Gasteiger charge is 2.44. The van der Waals surface area contributed by atoms with Crippen LogP contribution in [-0.4, -0.2) is 87.0 Å². The molecule has 0 unspecified atom stereocenters. The maximum Gasteiger partial charge on any atom is 0.408 e. The van der Waals surface area contributed by atoms with Gasteiger partial charge in [0.15, 0.2) is 0 Å². The van der Waals surface area contributed by atoms with E-state index in [1.807, 2.05) is 76.2 Å². The first-order valence-electron chi connectivity index (χ1n) is 19.9. The van der Waals surface area contributed by atoms with Gasteiger partial charge >= 0.3 is 6.09 Å². The fourth-order valence-electron chi connectivity index (χ4n) is 6.61. The second-order valence-corrected chi connectivity index (χ2v) is 17.9. The van der Waals surface area contributed by atoms with Crippen LogP contribution in [0.5, 0.6) is 0 Å². The maximum absolute atomic E-state index is 14.0. The number of rotatable bonds is 17. The van der Waals surface area contributed by atoms with Gasteiger partial charge in [0, 0.05) is 38.9 Å². The number of aliphatic hydroxyl groups excluding tert-OH is 1. The molecule has 3 aromatic rings. The summed E-state index contributed by atoms with van der Waals surface area (Å²) in [6, 6.07) is 12.5. The number of aliphatic hydroxyl groups is 1. The van der Waals surface area contributed by atoms with Crippen molar-refractivity contribution in [1.29, 1.82) is 0 Å². The lowest BCUT2D eigenvalue weighted by molar-refractivity contribution is -0.144. The van der Waals surface area contributed by atoms with Crippen LogP contribution in [0.4, 0.5) is 4.79 Å².